The summed E-state index contributed by atoms with van der Waals surface area (Å²) in [6.45, 7) is 6.83. The highest BCUT2D eigenvalue weighted by atomic mass is 16.3. The zero-order valence-electron chi connectivity index (χ0n) is 11.6. The summed E-state index contributed by atoms with van der Waals surface area (Å²) >= 11 is 0. The highest BCUT2D eigenvalue weighted by molar-refractivity contribution is 5.47. The molecule has 1 aliphatic rings. The summed E-state index contributed by atoms with van der Waals surface area (Å²) in [6.07, 6.45) is 7.05. The van der Waals surface area contributed by atoms with Gasteiger partial charge in [0.25, 0.3) is 0 Å². The molecular formula is C15H24N2O. The Morgan fingerprint density at radius 3 is 2.44 bits per heavy atom. The first-order valence-corrected chi connectivity index (χ1v) is 6.75. The maximum Gasteiger partial charge on any atom is 0.0931 e. The second kappa shape index (κ2) is 4.54. The van der Waals surface area contributed by atoms with E-state index in [1.165, 1.54) is 0 Å². The molecule has 0 bridgehead atoms. The van der Waals surface area contributed by atoms with E-state index in [0.717, 1.165) is 31.2 Å². The van der Waals surface area contributed by atoms with Crippen LogP contribution in [0.15, 0.2) is 18.5 Å². The zero-order valence-corrected chi connectivity index (χ0v) is 11.6. The van der Waals surface area contributed by atoms with Crippen molar-refractivity contribution in [3.8, 4) is 0 Å². The van der Waals surface area contributed by atoms with Gasteiger partial charge in [-0.25, -0.2) is 0 Å². The fourth-order valence-corrected chi connectivity index (χ4v) is 3.02. The van der Waals surface area contributed by atoms with Crippen LogP contribution in [0.1, 0.15) is 52.0 Å². The Morgan fingerprint density at radius 2 is 1.94 bits per heavy atom. The van der Waals surface area contributed by atoms with E-state index in [1.54, 1.807) is 18.5 Å². The number of hydrogen-bond acceptors (Lipinski definition) is 3. The fourth-order valence-electron chi connectivity index (χ4n) is 3.02. The molecule has 0 atom stereocenters. The van der Waals surface area contributed by atoms with Crippen LogP contribution in [0.2, 0.25) is 0 Å². The Morgan fingerprint density at radius 1 is 1.33 bits per heavy atom. The molecule has 3 nitrogen and oxygen atoms in total. The number of anilines is 1. The molecule has 0 unspecified atom stereocenters. The van der Waals surface area contributed by atoms with Gasteiger partial charge in [-0.3, -0.25) is 4.98 Å². The van der Waals surface area contributed by atoms with Gasteiger partial charge in [0.1, 0.15) is 0 Å². The summed E-state index contributed by atoms with van der Waals surface area (Å²) in [4.78, 5) is 4.09. The molecule has 1 saturated carbocycles. The lowest BCUT2D eigenvalue weighted by atomic mass is 9.67. The third-order valence-corrected chi connectivity index (χ3v) is 4.39. The average molecular weight is 248 g/mol. The van der Waals surface area contributed by atoms with E-state index in [2.05, 4.69) is 25.8 Å². The van der Waals surface area contributed by atoms with Crippen molar-refractivity contribution < 1.29 is 5.11 Å². The molecule has 1 aromatic heterocycles. The molecule has 0 aromatic carbocycles. The highest BCUT2D eigenvalue weighted by Gasteiger charge is 2.39. The Balaban J connectivity index is 2.15. The lowest BCUT2D eigenvalue weighted by Crippen LogP contribution is -2.36. The van der Waals surface area contributed by atoms with E-state index in [1.807, 2.05) is 0 Å². The quantitative estimate of drug-likeness (QED) is 0.803. The van der Waals surface area contributed by atoms with Crippen molar-refractivity contribution in [2.45, 2.75) is 52.1 Å². The molecule has 1 fully saturated rings. The van der Waals surface area contributed by atoms with Gasteiger partial charge in [-0.15, -0.1) is 0 Å². The normalized spacial score (nSPS) is 29.2. The largest absolute Gasteiger partial charge is 0.398 e. The van der Waals surface area contributed by atoms with E-state index in [4.69, 9.17) is 5.73 Å². The Kier molecular flexibility index (Phi) is 3.37. The SMILES string of the molecule is CC(C)(C)C1CCC(O)(c2cnccc2N)CC1. The van der Waals surface area contributed by atoms with E-state index < -0.39 is 5.60 Å². The first-order chi connectivity index (χ1) is 8.33. The molecule has 0 radical (unpaired) electrons. The van der Waals surface area contributed by atoms with Crippen LogP contribution in [0.4, 0.5) is 5.69 Å². The van der Waals surface area contributed by atoms with Gasteiger partial charge in [-0.1, -0.05) is 20.8 Å². The van der Waals surface area contributed by atoms with E-state index >= 15 is 0 Å². The van der Waals surface area contributed by atoms with E-state index in [-0.39, 0.29) is 0 Å². The molecule has 0 saturated heterocycles. The van der Waals surface area contributed by atoms with Crippen LogP contribution in [0.3, 0.4) is 0 Å². The van der Waals surface area contributed by atoms with Crippen LogP contribution in [0, 0.1) is 11.3 Å². The van der Waals surface area contributed by atoms with Crippen LogP contribution < -0.4 is 5.73 Å². The predicted molar refractivity (Wildman–Crippen MR) is 74.0 cm³/mol. The number of nitrogens with two attached hydrogens (primary N) is 1. The standard InChI is InChI=1S/C15H24N2O/c1-14(2,3)11-4-7-15(18,8-5-11)12-10-17-9-6-13(12)16/h6,9-11,18H,4-5,7-8H2,1-3H3,(H2,16,17). The zero-order chi connectivity index (χ0) is 13.4. The number of aliphatic hydroxyl groups is 1. The van der Waals surface area contributed by atoms with Gasteiger partial charge < -0.3 is 10.8 Å². The van der Waals surface area contributed by atoms with Gasteiger partial charge in [0, 0.05) is 23.6 Å². The lowest BCUT2D eigenvalue weighted by molar-refractivity contribution is -0.0294. The molecule has 100 valence electrons. The van der Waals surface area contributed by atoms with Crippen molar-refractivity contribution in [2.24, 2.45) is 11.3 Å². The maximum atomic E-state index is 10.8. The number of pyridine rings is 1. The van der Waals surface area contributed by atoms with Crippen molar-refractivity contribution in [3.05, 3.63) is 24.0 Å². The minimum Gasteiger partial charge on any atom is -0.398 e. The summed E-state index contributed by atoms with van der Waals surface area (Å²) in [7, 11) is 0. The molecule has 0 aliphatic heterocycles. The summed E-state index contributed by atoms with van der Waals surface area (Å²) in [5, 5.41) is 10.8. The minimum atomic E-state index is -0.778. The van der Waals surface area contributed by atoms with Crippen LogP contribution >= 0.6 is 0 Å². The Labute approximate surface area is 109 Å². The summed E-state index contributed by atoms with van der Waals surface area (Å²) < 4.78 is 0. The number of hydrogen-bond donors (Lipinski definition) is 2. The summed E-state index contributed by atoms with van der Waals surface area (Å²) in [5.74, 6) is 0.677. The number of nitrogen functional groups attached to an aromatic ring is 1. The van der Waals surface area contributed by atoms with Gasteiger partial charge in [-0.05, 0) is 43.1 Å². The second-order valence-corrected chi connectivity index (χ2v) is 6.63. The monoisotopic (exact) mass is 248 g/mol. The molecule has 0 amide bonds. The second-order valence-electron chi connectivity index (χ2n) is 6.63. The van der Waals surface area contributed by atoms with Gasteiger partial charge >= 0.3 is 0 Å². The lowest BCUT2D eigenvalue weighted by Gasteiger charge is -2.41. The Bertz CT molecular complexity index is 415. The predicted octanol–water partition coefficient (Wildman–Crippen LogP) is 3.09. The van der Waals surface area contributed by atoms with Gasteiger partial charge in [0.2, 0.25) is 0 Å². The van der Waals surface area contributed by atoms with Gasteiger partial charge in [0.15, 0.2) is 0 Å². The van der Waals surface area contributed by atoms with Crippen LogP contribution in [0.25, 0.3) is 0 Å². The molecule has 3 heteroatoms. The minimum absolute atomic E-state index is 0.321. The van der Waals surface area contributed by atoms with Crippen LogP contribution in [0.5, 0.6) is 0 Å². The number of aromatic nitrogens is 1. The van der Waals surface area contributed by atoms with Crippen molar-refractivity contribution in [1.29, 1.82) is 0 Å². The molecule has 3 N–H and O–H groups in total. The van der Waals surface area contributed by atoms with E-state index in [9.17, 15) is 5.11 Å². The molecule has 1 aromatic rings. The van der Waals surface area contributed by atoms with Crippen LogP contribution in [-0.4, -0.2) is 10.1 Å². The van der Waals surface area contributed by atoms with Gasteiger partial charge in [0.05, 0.1) is 5.60 Å². The number of rotatable bonds is 1. The average Bonchev–Trinajstić information content (AvgIpc) is 2.28. The summed E-state index contributed by atoms with van der Waals surface area (Å²) in [5.41, 5.74) is 6.96. The summed E-state index contributed by atoms with van der Waals surface area (Å²) in [6, 6.07) is 1.77. The van der Waals surface area contributed by atoms with Crippen molar-refractivity contribution in [2.75, 3.05) is 5.73 Å². The van der Waals surface area contributed by atoms with Crippen molar-refractivity contribution in [3.63, 3.8) is 0 Å². The highest BCUT2D eigenvalue weighted by Crippen LogP contribution is 2.46. The fraction of sp³-hybridized carbons (Fsp3) is 0.667. The molecule has 1 aliphatic carbocycles. The first kappa shape index (κ1) is 13.3. The van der Waals surface area contributed by atoms with E-state index in [0.29, 0.717) is 17.0 Å². The smallest absolute Gasteiger partial charge is 0.0931 e. The molecule has 0 spiro atoms. The molecule has 18 heavy (non-hydrogen) atoms. The number of nitrogens with zero attached hydrogens (tertiary/aromatic N) is 1. The molecule has 2 rings (SSSR count). The molecule has 1 heterocycles. The maximum absolute atomic E-state index is 10.8. The topological polar surface area (TPSA) is 59.1 Å². The van der Waals surface area contributed by atoms with Gasteiger partial charge in [-0.2, -0.15) is 0 Å². The molecular weight excluding hydrogens is 224 g/mol. The first-order valence-electron chi connectivity index (χ1n) is 6.75. The van der Waals surface area contributed by atoms with Crippen molar-refractivity contribution >= 4 is 5.69 Å². The third kappa shape index (κ3) is 2.51. The van der Waals surface area contributed by atoms with Crippen molar-refractivity contribution in [1.82, 2.24) is 4.98 Å². The van der Waals surface area contributed by atoms with Crippen LogP contribution in [-0.2, 0) is 5.60 Å². The third-order valence-electron chi connectivity index (χ3n) is 4.39. The Hall–Kier alpha value is -1.09.